The Hall–Kier alpha value is -2.10. The van der Waals surface area contributed by atoms with Crippen LogP contribution in [0.1, 0.15) is 5.56 Å². The molecule has 1 aromatic carbocycles. The zero-order chi connectivity index (χ0) is 14.3. The number of hydrogen-bond donors (Lipinski definition) is 2. The average molecular weight is 263 g/mol. The Balaban J connectivity index is 2.44. The normalized spacial score (nSPS) is 11.9. The van der Waals surface area contributed by atoms with Gasteiger partial charge in [0.2, 0.25) is 5.91 Å². The highest BCUT2D eigenvalue weighted by Gasteiger charge is 2.11. The number of aliphatic hydroxyl groups excluding tert-OH is 1. The SMILES string of the molecule is CN(CC(N)=O)CC(O)COc1ccccc1C#N. The number of aliphatic hydroxyl groups is 1. The number of para-hydroxylation sites is 1. The zero-order valence-corrected chi connectivity index (χ0v) is 10.7. The number of rotatable bonds is 7. The van der Waals surface area contributed by atoms with Crippen LogP contribution in [-0.2, 0) is 4.79 Å². The highest BCUT2D eigenvalue weighted by Crippen LogP contribution is 2.16. The first kappa shape index (κ1) is 15.0. The molecule has 0 saturated heterocycles. The predicted molar refractivity (Wildman–Crippen MR) is 69.4 cm³/mol. The van der Waals surface area contributed by atoms with Crippen molar-refractivity contribution in [2.24, 2.45) is 5.73 Å². The van der Waals surface area contributed by atoms with Crippen molar-refractivity contribution >= 4 is 5.91 Å². The summed E-state index contributed by atoms with van der Waals surface area (Å²) in [4.78, 5) is 12.3. The van der Waals surface area contributed by atoms with E-state index in [1.807, 2.05) is 6.07 Å². The van der Waals surface area contributed by atoms with E-state index >= 15 is 0 Å². The Morgan fingerprint density at radius 3 is 2.89 bits per heavy atom. The molecule has 0 fully saturated rings. The maximum absolute atomic E-state index is 10.7. The molecule has 0 aromatic heterocycles. The van der Waals surface area contributed by atoms with E-state index in [4.69, 9.17) is 15.7 Å². The number of nitriles is 1. The van der Waals surface area contributed by atoms with E-state index in [1.165, 1.54) is 0 Å². The van der Waals surface area contributed by atoms with Gasteiger partial charge >= 0.3 is 0 Å². The number of benzene rings is 1. The lowest BCUT2D eigenvalue weighted by atomic mass is 10.2. The molecule has 102 valence electrons. The second-order valence-electron chi connectivity index (χ2n) is 4.24. The van der Waals surface area contributed by atoms with Crippen LogP contribution in [-0.4, -0.2) is 48.8 Å². The molecule has 0 aliphatic carbocycles. The van der Waals surface area contributed by atoms with Gasteiger partial charge in [-0.05, 0) is 19.2 Å². The van der Waals surface area contributed by atoms with Gasteiger partial charge < -0.3 is 15.6 Å². The molecule has 19 heavy (non-hydrogen) atoms. The Morgan fingerprint density at radius 1 is 1.58 bits per heavy atom. The summed E-state index contributed by atoms with van der Waals surface area (Å²) in [5.41, 5.74) is 5.46. The molecule has 3 N–H and O–H groups in total. The van der Waals surface area contributed by atoms with Crippen LogP contribution in [0.15, 0.2) is 24.3 Å². The lowest BCUT2D eigenvalue weighted by Gasteiger charge is -2.19. The number of hydrogen-bond acceptors (Lipinski definition) is 5. The molecule has 0 aliphatic heterocycles. The van der Waals surface area contributed by atoms with Gasteiger partial charge in [-0.1, -0.05) is 12.1 Å². The van der Waals surface area contributed by atoms with Gasteiger partial charge in [0.25, 0.3) is 0 Å². The molecular weight excluding hydrogens is 246 g/mol. The molecule has 0 heterocycles. The molecular formula is C13H17N3O3. The van der Waals surface area contributed by atoms with Crippen LogP contribution in [0.5, 0.6) is 5.75 Å². The van der Waals surface area contributed by atoms with E-state index in [-0.39, 0.29) is 19.7 Å². The summed E-state index contributed by atoms with van der Waals surface area (Å²) in [5, 5.41) is 18.6. The van der Waals surface area contributed by atoms with E-state index in [1.54, 1.807) is 36.2 Å². The minimum Gasteiger partial charge on any atom is -0.489 e. The first-order chi connectivity index (χ1) is 9.02. The molecule has 6 nitrogen and oxygen atoms in total. The summed E-state index contributed by atoms with van der Waals surface area (Å²) < 4.78 is 5.38. The average Bonchev–Trinajstić information content (AvgIpc) is 2.35. The number of carbonyl (C=O) groups is 1. The van der Waals surface area contributed by atoms with Crippen LogP contribution in [0.2, 0.25) is 0 Å². The molecule has 1 atom stereocenters. The summed E-state index contributed by atoms with van der Waals surface area (Å²) in [6, 6.07) is 8.80. The maximum atomic E-state index is 10.7. The first-order valence-corrected chi connectivity index (χ1v) is 5.79. The first-order valence-electron chi connectivity index (χ1n) is 5.79. The second-order valence-corrected chi connectivity index (χ2v) is 4.24. The van der Waals surface area contributed by atoms with Gasteiger partial charge in [0.15, 0.2) is 0 Å². The van der Waals surface area contributed by atoms with Gasteiger partial charge in [-0.3, -0.25) is 9.69 Å². The third-order valence-corrected chi connectivity index (χ3v) is 2.39. The van der Waals surface area contributed by atoms with Crippen molar-refractivity contribution in [3.05, 3.63) is 29.8 Å². The predicted octanol–water partition coefficient (Wildman–Crippen LogP) is -0.285. The van der Waals surface area contributed by atoms with E-state index in [2.05, 4.69) is 0 Å². The van der Waals surface area contributed by atoms with E-state index < -0.39 is 12.0 Å². The molecule has 0 radical (unpaired) electrons. The van der Waals surface area contributed by atoms with Crippen molar-refractivity contribution in [1.82, 2.24) is 4.90 Å². The third kappa shape index (κ3) is 5.38. The summed E-state index contributed by atoms with van der Waals surface area (Å²) in [5.74, 6) is -0.0213. The maximum Gasteiger partial charge on any atom is 0.231 e. The Kier molecular flexibility index (Phi) is 5.79. The molecule has 0 bridgehead atoms. The number of likely N-dealkylation sites (N-methyl/N-ethyl adjacent to an activating group) is 1. The molecule has 1 aromatic rings. The molecule has 0 spiro atoms. The minimum absolute atomic E-state index is 0.0434. The Bertz CT molecular complexity index is 470. The van der Waals surface area contributed by atoms with Crippen LogP contribution in [0.3, 0.4) is 0 Å². The fourth-order valence-corrected chi connectivity index (χ4v) is 1.61. The monoisotopic (exact) mass is 263 g/mol. The van der Waals surface area contributed by atoms with Crippen molar-refractivity contribution < 1.29 is 14.6 Å². The highest BCUT2D eigenvalue weighted by molar-refractivity contribution is 5.75. The molecule has 0 saturated carbocycles. The number of amides is 1. The smallest absolute Gasteiger partial charge is 0.231 e. The van der Waals surface area contributed by atoms with Gasteiger partial charge in [0, 0.05) is 6.54 Å². The summed E-state index contributed by atoms with van der Waals surface area (Å²) in [6.45, 7) is 0.380. The number of ether oxygens (including phenoxy) is 1. The summed E-state index contributed by atoms with van der Waals surface area (Å²) >= 11 is 0. The van der Waals surface area contributed by atoms with Crippen molar-refractivity contribution in [3.8, 4) is 11.8 Å². The molecule has 0 aliphatic rings. The van der Waals surface area contributed by atoms with Gasteiger partial charge in [-0.15, -0.1) is 0 Å². The van der Waals surface area contributed by atoms with Crippen LogP contribution >= 0.6 is 0 Å². The summed E-state index contributed by atoms with van der Waals surface area (Å²) in [7, 11) is 1.68. The number of carbonyl (C=O) groups excluding carboxylic acids is 1. The van der Waals surface area contributed by atoms with Crippen LogP contribution < -0.4 is 10.5 Å². The quantitative estimate of drug-likeness (QED) is 0.704. The lowest BCUT2D eigenvalue weighted by Crippen LogP contribution is -2.38. The number of nitrogens with two attached hydrogens (primary N) is 1. The van der Waals surface area contributed by atoms with Crippen LogP contribution in [0, 0.1) is 11.3 Å². The van der Waals surface area contributed by atoms with Gasteiger partial charge in [-0.25, -0.2) is 0 Å². The number of nitrogens with zero attached hydrogens (tertiary/aromatic N) is 2. The molecule has 6 heteroatoms. The number of primary amides is 1. The third-order valence-electron chi connectivity index (χ3n) is 2.39. The minimum atomic E-state index is -0.768. The lowest BCUT2D eigenvalue weighted by molar-refractivity contribution is -0.119. The topological polar surface area (TPSA) is 99.6 Å². The van der Waals surface area contributed by atoms with E-state index in [0.717, 1.165) is 0 Å². The Morgan fingerprint density at radius 2 is 2.26 bits per heavy atom. The highest BCUT2D eigenvalue weighted by atomic mass is 16.5. The standard InChI is InChI=1S/C13H17N3O3/c1-16(8-13(15)18)7-11(17)9-19-12-5-3-2-4-10(12)6-14/h2-5,11,17H,7-9H2,1H3,(H2,15,18). The van der Waals surface area contributed by atoms with E-state index in [9.17, 15) is 9.90 Å². The molecule has 1 amide bonds. The van der Waals surface area contributed by atoms with Crippen molar-refractivity contribution in [2.45, 2.75) is 6.10 Å². The van der Waals surface area contributed by atoms with Crippen LogP contribution in [0.4, 0.5) is 0 Å². The van der Waals surface area contributed by atoms with Gasteiger partial charge in [0.05, 0.1) is 12.1 Å². The zero-order valence-electron chi connectivity index (χ0n) is 10.7. The van der Waals surface area contributed by atoms with Gasteiger partial charge in [0.1, 0.15) is 24.5 Å². The molecule has 1 rings (SSSR count). The fraction of sp³-hybridized carbons (Fsp3) is 0.385. The fourth-order valence-electron chi connectivity index (χ4n) is 1.61. The van der Waals surface area contributed by atoms with Crippen molar-refractivity contribution in [2.75, 3.05) is 26.7 Å². The van der Waals surface area contributed by atoms with Crippen LogP contribution in [0.25, 0.3) is 0 Å². The van der Waals surface area contributed by atoms with Crippen molar-refractivity contribution in [1.29, 1.82) is 5.26 Å². The molecule has 1 unspecified atom stereocenters. The van der Waals surface area contributed by atoms with Crippen molar-refractivity contribution in [3.63, 3.8) is 0 Å². The summed E-state index contributed by atoms with van der Waals surface area (Å²) in [6.07, 6.45) is -0.768. The largest absolute Gasteiger partial charge is 0.489 e. The Labute approximate surface area is 112 Å². The second kappa shape index (κ2) is 7.36. The van der Waals surface area contributed by atoms with E-state index in [0.29, 0.717) is 11.3 Å². The van der Waals surface area contributed by atoms with Gasteiger partial charge in [-0.2, -0.15) is 5.26 Å².